The molecule has 0 amide bonds. The minimum absolute atomic E-state index is 0.0334. The van der Waals surface area contributed by atoms with Crippen molar-refractivity contribution in [2.45, 2.75) is 117 Å². The number of hydrogen-bond acceptors (Lipinski definition) is 2. The summed E-state index contributed by atoms with van der Waals surface area (Å²) in [4.78, 5) is 2.53. The Kier molecular flexibility index (Phi) is 7.87. The molecule has 284 valence electrons. The molecule has 2 heteroatoms. The molecule has 0 atom stereocenters. The predicted molar refractivity (Wildman–Crippen MR) is 245 cm³/mol. The molecule has 2 aliphatic carbocycles. The van der Waals surface area contributed by atoms with Crippen molar-refractivity contribution >= 4 is 48.6 Å². The number of hydrogen-bond donors (Lipinski definition) is 0. The van der Waals surface area contributed by atoms with E-state index in [-0.39, 0.29) is 27.1 Å². The van der Waals surface area contributed by atoms with Gasteiger partial charge in [-0.2, -0.15) is 0 Å². The number of nitrogens with zero attached hydrogens (tertiary/aromatic N) is 1. The van der Waals surface area contributed by atoms with Crippen LogP contribution in [0.1, 0.15) is 129 Å². The Morgan fingerprint density at radius 2 is 1.00 bits per heavy atom. The maximum atomic E-state index is 2.53. The summed E-state index contributed by atoms with van der Waals surface area (Å²) in [5, 5.41) is 2.72. The normalized spacial score (nSPS) is 15.5. The van der Waals surface area contributed by atoms with Gasteiger partial charge in [0.25, 0.3) is 0 Å². The van der Waals surface area contributed by atoms with E-state index in [1.54, 1.807) is 0 Å². The first kappa shape index (κ1) is 36.9. The molecule has 1 heterocycles. The van der Waals surface area contributed by atoms with Crippen LogP contribution in [0.25, 0.3) is 42.4 Å². The van der Waals surface area contributed by atoms with Crippen LogP contribution in [-0.4, -0.2) is 0 Å². The van der Waals surface area contributed by atoms with Crippen molar-refractivity contribution in [3.63, 3.8) is 0 Å². The molecule has 56 heavy (non-hydrogen) atoms. The molecule has 7 aromatic rings. The lowest BCUT2D eigenvalue weighted by atomic mass is 9.79. The lowest BCUT2D eigenvalue weighted by molar-refractivity contribution is 0.573. The third-order valence-corrected chi connectivity index (χ3v) is 14.3. The quantitative estimate of drug-likeness (QED) is 0.174. The molecule has 0 saturated heterocycles. The molecular weight excluding hydrogens is 695 g/mol. The highest BCUT2D eigenvalue weighted by molar-refractivity contribution is 7.26. The third-order valence-electron chi connectivity index (χ3n) is 13.1. The van der Waals surface area contributed by atoms with E-state index in [1.807, 2.05) is 11.3 Å². The van der Waals surface area contributed by atoms with Gasteiger partial charge in [-0.1, -0.05) is 157 Å². The van der Waals surface area contributed by atoms with Crippen LogP contribution >= 0.6 is 11.3 Å². The minimum atomic E-state index is -0.126. The number of rotatable bonds is 3. The fourth-order valence-corrected chi connectivity index (χ4v) is 11.3. The van der Waals surface area contributed by atoms with Crippen LogP contribution in [-0.2, 0) is 27.1 Å². The van der Waals surface area contributed by atoms with E-state index in [9.17, 15) is 0 Å². The minimum Gasteiger partial charge on any atom is -0.310 e. The fourth-order valence-electron chi connectivity index (χ4n) is 9.81. The van der Waals surface area contributed by atoms with Crippen molar-refractivity contribution < 1.29 is 0 Å². The largest absolute Gasteiger partial charge is 0.310 e. The second-order valence-electron chi connectivity index (χ2n) is 20.8. The van der Waals surface area contributed by atoms with Gasteiger partial charge in [0.15, 0.2) is 0 Å². The number of fused-ring (bicyclic) bond motifs is 9. The summed E-state index contributed by atoms with van der Waals surface area (Å²) in [6.07, 6.45) is 0. The van der Waals surface area contributed by atoms with Crippen LogP contribution in [0.4, 0.5) is 17.1 Å². The summed E-state index contributed by atoms with van der Waals surface area (Å²) < 4.78 is 2.74. The zero-order valence-corrected chi connectivity index (χ0v) is 36.6. The maximum absolute atomic E-state index is 2.53. The van der Waals surface area contributed by atoms with Crippen molar-refractivity contribution in [3.05, 3.63) is 148 Å². The zero-order valence-electron chi connectivity index (χ0n) is 35.7. The Balaban J connectivity index is 1.28. The van der Waals surface area contributed by atoms with Crippen LogP contribution < -0.4 is 4.90 Å². The average Bonchev–Trinajstić information content (AvgIpc) is 3.69. The Bertz CT molecular complexity index is 2750. The van der Waals surface area contributed by atoms with E-state index in [4.69, 9.17) is 0 Å². The molecule has 0 fully saturated rings. The second kappa shape index (κ2) is 11.9. The van der Waals surface area contributed by atoms with Gasteiger partial charge in [-0.25, -0.2) is 0 Å². The van der Waals surface area contributed by atoms with Crippen LogP contribution in [0.2, 0.25) is 0 Å². The first-order chi connectivity index (χ1) is 26.2. The molecule has 9 rings (SSSR count). The summed E-state index contributed by atoms with van der Waals surface area (Å²) in [7, 11) is 0. The van der Waals surface area contributed by atoms with Crippen LogP contribution in [0.15, 0.2) is 109 Å². The highest BCUT2D eigenvalue weighted by atomic mass is 32.1. The van der Waals surface area contributed by atoms with Crippen molar-refractivity contribution in [1.29, 1.82) is 0 Å². The van der Waals surface area contributed by atoms with Gasteiger partial charge in [-0.15, -0.1) is 11.3 Å². The number of anilines is 3. The summed E-state index contributed by atoms with van der Waals surface area (Å²) >= 11 is 1.96. The third kappa shape index (κ3) is 5.46. The Labute approximate surface area is 339 Å². The van der Waals surface area contributed by atoms with Gasteiger partial charge in [0.2, 0.25) is 0 Å². The number of thiophene rings is 1. The molecule has 6 aromatic carbocycles. The van der Waals surface area contributed by atoms with Gasteiger partial charge in [0.1, 0.15) is 0 Å². The molecule has 0 aliphatic heterocycles. The standard InChI is InChI=1S/C54H57NS/c1-50(2,3)32-27-40-38-25-22-35(31-47(38)56-49(40)46(28-32)52(7,8)9)55(33-21-24-37-36-17-14-15-18-41(36)53(10,11)44(37)29-33)34-23-26-39-45(30-34)54(12,13)43-20-16-19-42(48(39)43)51(4,5)6/h14-31H,1-13H3. The monoisotopic (exact) mass is 751 g/mol. The molecule has 0 saturated carbocycles. The van der Waals surface area contributed by atoms with Crippen molar-refractivity contribution in [3.8, 4) is 22.3 Å². The smallest absolute Gasteiger partial charge is 0.0476 e. The molecule has 0 unspecified atom stereocenters. The van der Waals surface area contributed by atoms with Gasteiger partial charge >= 0.3 is 0 Å². The highest BCUT2D eigenvalue weighted by Crippen LogP contribution is 2.55. The van der Waals surface area contributed by atoms with Gasteiger partial charge in [0.05, 0.1) is 0 Å². The number of benzene rings is 6. The van der Waals surface area contributed by atoms with Crippen LogP contribution in [0, 0.1) is 0 Å². The first-order valence-electron chi connectivity index (χ1n) is 20.5. The topological polar surface area (TPSA) is 3.24 Å². The molecule has 1 nitrogen and oxygen atoms in total. The molecule has 0 radical (unpaired) electrons. The van der Waals surface area contributed by atoms with Crippen molar-refractivity contribution in [2.24, 2.45) is 0 Å². The van der Waals surface area contributed by atoms with Gasteiger partial charge in [-0.3, -0.25) is 0 Å². The molecule has 0 spiro atoms. The summed E-state index contributed by atoms with van der Waals surface area (Å²) in [6.45, 7) is 30.7. The predicted octanol–water partition coefficient (Wildman–Crippen LogP) is 16.0. The maximum Gasteiger partial charge on any atom is 0.0476 e. The fraction of sp³-hybridized carbons (Fsp3) is 0.333. The average molecular weight is 752 g/mol. The molecular formula is C54H57NS. The molecule has 0 N–H and O–H groups in total. The lowest BCUT2D eigenvalue weighted by Gasteiger charge is -2.29. The summed E-state index contributed by atoms with van der Waals surface area (Å²) in [5.41, 5.74) is 18.9. The second-order valence-corrected chi connectivity index (χ2v) is 21.8. The molecule has 0 bridgehead atoms. The van der Waals surface area contributed by atoms with E-state index >= 15 is 0 Å². The zero-order chi connectivity index (χ0) is 39.9. The van der Waals surface area contributed by atoms with E-state index in [1.165, 1.54) is 98.4 Å². The van der Waals surface area contributed by atoms with Gasteiger partial charge < -0.3 is 4.90 Å². The Hall–Kier alpha value is -4.66. The van der Waals surface area contributed by atoms with Gasteiger partial charge in [-0.05, 0) is 120 Å². The molecule has 2 aliphatic rings. The van der Waals surface area contributed by atoms with Crippen LogP contribution in [0.3, 0.4) is 0 Å². The van der Waals surface area contributed by atoms with Crippen molar-refractivity contribution in [2.75, 3.05) is 4.90 Å². The molecule has 1 aromatic heterocycles. The van der Waals surface area contributed by atoms with Gasteiger partial charge in [0, 0.05) is 48.1 Å². The van der Waals surface area contributed by atoms with Crippen molar-refractivity contribution in [1.82, 2.24) is 0 Å². The summed E-state index contributed by atoms with van der Waals surface area (Å²) in [5.74, 6) is 0. The summed E-state index contributed by atoms with van der Waals surface area (Å²) in [6, 6.07) is 42.6. The van der Waals surface area contributed by atoms with E-state index in [0.717, 1.165) is 0 Å². The van der Waals surface area contributed by atoms with E-state index in [2.05, 4.69) is 204 Å². The Morgan fingerprint density at radius 1 is 0.446 bits per heavy atom. The highest BCUT2D eigenvalue weighted by Gasteiger charge is 2.40. The van der Waals surface area contributed by atoms with E-state index < -0.39 is 0 Å². The SMILES string of the molecule is CC(C)(C)c1cc(C(C)(C)C)c2sc3cc(N(c4ccc5c(c4)C(C)(C)c4ccccc4-5)c4ccc5c(c4)C(C)(C)c4cccc(C(C)(C)C)c4-5)ccc3c2c1. The Morgan fingerprint density at radius 3 is 1.66 bits per heavy atom. The first-order valence-corrected chi connectivity index (χ1v) is 21.3. The van der Waals surface area contributed by atoms with Crippen LogP contribution in [0.5, 0.6) is 0 Å². The lowest BCUT2D eigenvalue weighted by Crippen LogP contribution is -2.18. The van der Waals surface area contributed by atoms with E-state index in [0.29, 0.717) is 0 Å².